The van der Waals surface area contributed by atoms with Crippen LogP contribution in [0.2, 0.25) is 0 Å². The van der Waals surface area contributed by atoms with Crippen molar-refractivity contribution in [2.24, 2.45) is 0 Å². The van der Waals surface area contributed by atoms with Gasteiger partial charge in [-0.3, -0.25) is 9.36 Å². The molecule has 5 heteroatoms. The number of fused-ring (bicyclic) bond motifs is 1. The predicted octanol–water partition coefficient (Wildman–Crippen LogP) is 2.45. The molecule has 0 fully saturated rings. The normalized spacial score (nSPS) is 11.0. The van der Waals surface area contributed by atoms with Gasteiger partial charge in [-0.1, -0.05) is 0 Å². The van der Waals surface area contributed by atoms with Crippen molar-refractivity contribution in [1.29, 1.82) is 0 Å². The highest BCUT2D eigenvalue weighted by molar-refractivity contribution is 7.71. The smallest absolute Gasteiger partial charge is 0.263 e. The first kappa shape index (κ1) is 9.61. The van der Waals surface area contributed by atoms with Crippen molar-refractivity contribution in [2.75, 3.05) is 0 Å². The Morgan fingerprint density at radius 1 is 1.64 bits per heavy atom. The quantitative estimate of drug-likeness (QED) is 0.758. The van der Waals surface area contributed by atoms with Gasteiger partial charge in [0.05, 0.1) is 5.39 Å². The van der Waals surface area contributed by atoms with Crippen LogP contribution in [0.5, 0.6) is 0 Å². The van der Waals surface area contributed by atoms with Gasteiger partial charge in [-0.05, 0) is 32.1 Å². The zero-order valence-corrected chi connectivity index (χ0v) is 9.59. The minimum Gasteiger partial charge on any atom is -0.323 e. The first-order valence-electron chi connectivity index (χ1n) is 4.36. The topological polar surface area (TPSA) is 37.8 Å². The van der Waals surface area contributed by atoms with Crippen molar-refractivity contribution in [2.45, 2.75) is 20.4 Å². The Morgan fingerprint density at radius 2 is 2.36 bits per heavy atom. The summed E-state index contributed by atoms with van der Waals surface area (Å²) >= 11 is 6.65. The molecule has 2 aromatic heterocycles. The molecule has 0 spiro atoms. The average molecular weight is 226 g/mol. The number of nitrogens with zero attached hydrogens (tertiary/aromatic N) is 1. The molecule has 74 valence electrons. The Balaban J connectivity index is 3.00. The van der Waals surface area contributed by atoms with E-state index in [0.29, 0.717) is 11.3 Å². The van der Waals surface area contributed by atoms with Crippen LogP contribution in [0.1, 0.15) is 11.8 Å². The second kappa shape index (κ2) is 3.33. The number of aromatic nitrogens is 2. The Morgan fingerprint density at radius 3 is 3.00 bits per heavy atom. The third-order valence-corrected chi connectivity index (χ3v) is 3.40. The van der Waals surface area contributed by atoms with Crippen LogP contribution in [0.15, 0.2) is 10.9 Å². The van der Waals surface area contributed by atoms with E-state index in [0.717, 1.165) is 15.1 Å². The standard InChI is InChI=1S/C9H10N2OS2/c1-3-11-8(12)6-4-5(2)14-7(6)10-9(11)13/h4H,3H2,1-2H3,(H,10,13). The highest BCUT2D eigenvalue weighted by atomic mass is 32.1. The van der Waals surface area contributed by atoms with Crippen molar-refractivity contribution in [1.82, 2.24) is 9.55 Å². The van der Waals surface area contributed by atoms with Crippen LogP contribution in [0.3, 0.4) is 0 Å². The van der Waals surface area contributed by atoms with Gasteiger partial charge in [0.15, 0.2) is 4.77 Å². The van der Waals surface area contributed by atoms with Gasteiger partial charge in [0.1, 0.15) is 4.83 Å². The van der Waals surface area contributed by atoms with Gasteiger partial charge in [0, 0.05) is 11.4 Å². The van der Waals surface area contributed by atoms with Crippen LogP contribution in [0, 0.1) is 11.7 Å². The van der Waals surface area contributed by atoms with Crippen LogP contribution in [0.4, 0.5) is 0 Å². The van der Waals surface area contributed by atoms with Crippen molar-refractivity contribution < 1.29 is 0 Å². The SMILES string of the molecule is CCn1c(=S)[nH]c2sc(C)cc2c1=O. The van der Waals surface area contributed by atoms with Crippen LogP contribution in [-0.4, -0.2) is 9.55 Å². The van der Waals surface area contributed by atoms with Crippen LogP contribution < -0.4 is 5.56 Å². The lowest BCUT2D eigenvalue weighted by atomic mass is 10.4. The van der Waals surface area contributed by atoms with Crippen LogP contribution >= 0.6 is 23.6 Å². The van der Waals surface area contributed by atoms with Crippen molar-refractivity contribution in [3.8, 4) is 0 Å². The van der Waals surface area contributed by atoms with Gasteiger partial charge >= 0.3 is 0 Å². The van der Waals surface area contributed by atoms with E-state index in [4.69, 9.17) is 12.2 Å². The first-order chi connectivity index (χ1) is 6.63. The predicted molar refractivity (Wildman–Crippen MR) is 61.7 cm³/mol. The maximum atomic E-state index is 11.9. The molecule has 3 nitrogen and oxygen atoms in total. The van der Waals surface area contributed by atoms with Crippen LogP contribution in [0.25, 0.3) is 10.2 Å². The van der Waals surface area contributed by atoms with E-state index in [9.17, 15) is 4.79 Å². The largest absolute Gasteiger partial charge is 0.323 e. The molecule has 0 aliphatic carbocycles. The molecule has 0 unspecified atom stereocenters. The number of aromatic amines is 1. The minimum absolute atomic E-state index is 0.00981. The Bertz CT molecular complexity index is 591. The number of H-pyrrole nitrogens is 1. The molecule has 2 rings (SSSR count). The number of hydrogen-bond donors (Lipinski definition) is 1. The molecule has 0 aliphatic rings. The van der Waals surface area contributed by atoms with Gasteiger partial charge in [-0.2, -0.15) is 0 Å². The van der Waals surface area contributed by atoms with Crippen molar-refractivity contribution >= 4 is 33.8 Å². The van der Waals surface area contributed by atoms with Gasteiger partial charge in [-0.15, -0.1) is 11.3 Å². The van der Waals surface area contributed by atoms with Crippen molar-refractivity contribution in [3.63, 3.8) is 0 Å². The number of rotatable bonds is 1. The zero-order chi connectivity index (χ0) is 10.3. The van der Waals surface area contributed by atoms with E-state index < -0.39 is 0 Å². The Hall–Kier alpha value is -0.940. The minimum atomic E-state index is 0.00981. The summed E-state index contributed by atoms with van der Waals surface area (Å²) < 4.78 is 2.08. The summed E-state index contributed by atoms with van der Waals surface area (Å²) in [6.45, 7) is 4.51. The first-order valence-corrected chi connectivity index (χ1v) is 5.59. The number of hydrogen-bond acceptors (Lipinski definition) is 3. The molecule has 2 heterocycles. The maximum absolute atomic E-state index is 11.9. The van der Waals surface area contributed by atoms with Gasteiger partial charge in [-0.25, -0.2) is 0 Å². The molecule has 0 aliphatic heterocycles. The van der Waals surface area contributed by atoms with Crippen molar-refractivity contribution in [3.05, 3.63) is 26.1 Å². The molecule has 0 radical (unpaired) electrons. The summed E-state index contributed by atoms with van der Waals surface area (Å²) in [6.07, 6.45) is 0. The summed E-state index contributed by atoms with van der Waals surface area (Å²) in [5.41, 5.74) is 0.00981. The van der Waals surface area contributed by atoms with E-state index in [1.54, 1.807) is 15.9 Å². The Labute approximate surface area is 90.0 Å². The van der Waals surface area contributed by atoms with Crippen LogP contribution in [-0.2, 0) is 6.54 Å². The summed E-state index contributed by atoms with van der Waals surface area (Å²) in [4.78, 5) is 16.9. The molecule has 1 N–H and O–H groups in total. The molecule has 0 atom stereocenters. The fourth-order valence-electron chi connectivity index (χ4n) is 1.46. The lowest BCUT2D eigenvalue weighted by Crippen LogP contribution is -2.20. The average Bonchev–Trinajstić information content (AvgIpc) is 2.47. The fraction of sp³-hybridized carbons (Fsp3) is 0.333. The summed E-state index contributed by atoms with van der Waals surface area (Å²) in [5.74, 6) is 0. The molecular weight excluding hydrogens is 216 g/mol. The molecule has 14 heavy (non-hydrogen) atoms. The third kappa shape index (κ3) is 1.33. The highest BCUT2D eigenvalue weighted by Gasteiger charge is 2.06. The number of nitrogens with one attached hydrogen (secondary N) is 1. The third-order valence-electron chi connectivity index (χ3n) is 2.11. The molecule has 0 aromatic carbocycles. The Kier molecular flexibility index (Phi) is 2.28. The molecule has 2 aromatic rings. The second-order valence-corrected chi connectivity index (χ2v) is 4.72. The van der Waals surface area contributed by atoms with E-state index in [1.807, 2.05) is 19.9 Å². The lowest BCUT2D eigenvalue weighted by Gasteiger charge is -2.00. The van der Waals surface area contributed by atoms with E-state index in [1.165, 1.54) is 0 Å². The molecular formula is C9H10N2OS2. The fourth-order valence-corrected chi connectivity index (χ4v) is 2.74. The second-order valence-electron chi connectivity index (χ2n) is 3.08. The molecule has 0 bridgehead atoms. The molecule has 0 saturated carbocycles. The van der Waals surface area contributed by atoms with E-state index in [2.05, 4.69) is 4.98 Å². The van der Waals surface area contributed by atoms with Gasteiger partial charge < -0.3 is 4.98 Å². The summed E-state index contributed by atoms with van der Waals surface area (Å²) in [7, 11) is 0. The van der Waals surface area contributed by atoms with E-state index in [-0.39, 0.29) is 5.56 Å². The van der Waals surface area contributed by atoms with Gasteiger partial charge in [0.25, 0.3) is 5.56 Å². The number of thiophene rings is 1. The monoisotopic (exact) mass is 226 g/mol. The maximum Gasteiger partial charge on any atom is 0.263 e. The highest BCUT2D eigenvalue weighted by Crippen LogP contribution is 2.19. The van der Waals surface area contributed by atoms with Gasteiger partial charge in [0.2, 0.25) is 0 Å². The summed E-state index contributed by atoms with van der Waals surface area (Å²) in [5, 5.41) is 0.739. The van der Waals surface area contributed by atoms with E-state index >= 15 is 0 Å². The number of aryl methyl sites for hydroxylation is 1. The summed E-state index contributed by atoms with van der Waals surface area (Å²) in [6, 6.07) is 1.90. The lowest BCUT2D eigenvalue weighted by molar-refractivity contribution is 0.705. The molecule has 0 saturated heterocycles. The molecule has 0 amide bonds. The zero-order valence-electron chi connectivity index (χ0n) is 7.96.